The van der Waals surface area contributed by atoms with Gasteiger partial charge in [0.05, 0.1) is 0 Å². The van der Waals surface area contributed by atoms with Crippen molar-refractivity contribution in [2.75, 3.05) is 0 Å². The van der Waals surface area contributed by atoms with E-state index in [1.54, 1.807) is 0 Å². The summed E-state index contributed by atoms with van der Waals surface area (Å²) >= 11 is 0. The fourth-order valence-electron chi connectivity index (χ4n) is 0.139. The minimum atomic E-state index is -5.05. The lowest BCUT2D eigenvalue weighted by Crippen LogP contribution is -1.84. The summed E-state index contributed by atoms with van der Waals surface area (Å²) in [5.74, 6) is 0. The smallest absolute Gasteiger partial charge is 0.302 e. The molecule has 0 atom stereocenters. The van der Waals surface area contributed by atoms with Crippen LogP contribution in [-0.4, -0.2) is 32.5 Å². The molecule has 0 bridgehead atoms. The van der Waals surface area contributed by atoms with E-state index >= 15 is 0 Å². The molecule has 0 unspecified atom stereocenters. The Morgan fingerprint density at radius 3 is 1.14 bits per heavy atom. The third-order valence-electron chi connectivity index (χ3n) is 0.213. The van der Waals surface area contributed by atoms with E-state index in [1.165, 1.54) is 0 Å². The molecule has 0 rings (SSSR count). The Hall–Kier alpha value is 0.460. The lowest BCUT2D eigenvalue weighted by Gasteiger charge is -2.03. The van der Waals surface area contributed by atoms with Gasteiger partial charge in [0.25, 0.3) is 0 Å². The van der Waals surface area contributed by atoms with Gasteiger partial charge in [-0.3, -0.25) is 4.55 Å². The van der Waals surface area contributed by atoms with Gasteiger partial charge in [-0.1, -0.05) is 0 Å². The molecular formula is H5ClO10P2S. The van der Waals surface area contributed by atoms with Gasteiger partial charge in [-0.15, -0.1) is 0 Å². The van der Waals surface area contributed by atoms with Crippen LogP contribution in [-0.2, 0) is 22.8 Å². The third kappa shape index (κ3) is 39.2. The SMILES string of the molecule is O=P(O)(O)OP(=O)(O)O.O=S(=O)(O)Cl. The molecule has 10 nitrogen and oxygen atoms in total. The highest BCUT2D eigenvalue weighted by Crippen LogP contribution is 2.53. The van der Waals surface area contributed by atoms with Crippen LogP contribution >= 0.6 is 26.3 Å². The minimum Gasteiger partial charge on any atom is -0.302 e. The van der Waals surface area contributed by atoms with Crippen molar-refractivity contribution in [3.63, 3.8) is 0 Å². The summed E-state index contributed by atoms with van der Waals surface area (Å²) in [7, 11) is -10.2. The monoisotopic (exact) mass is 294 g/mol. The van der Waals surface area contributed by atoms with Crippen LogP contribution in [0.5, 0.6) is 0 Å². The standard InChI is InChI=1S/ClHO3S.H4O7P2/c1-5(2,3)4;1-8(2,3)7-9(4,5)6/h(H,2,3,4);(H2,1,2,3)(H2,4,5,6). The highest BCUT2D eigenvalue weighted by molar-refractivity contribution is 8.09. The van der Waals surface area contributed by atoms with Gasteiger partial charge in [0.15, 0.2) is 0 Å². The lowest BCUT2D eigenvalue weighted by atomic mass is 15.7. The molecule has 0 amide bonds. The molecule has 0 saturated heterocycles. The summed E-state index contributed by atoms with van der Waals surface area (Å²) in [5.41, 5.74) is 0. The molecule has 5 N–H and O–H groups in total. The van der Waals surface area contributed by atoms with Gasteiger partial charge in [0.2, 0.25) is 0 Å². The Kier molecular flexibility index (Phi) is 6.65. The van der Waals surface area contributed by atoms with Crippen molar-refractivity contribution in [2.45, 2.75) is 0 Å². The highest BCUT2D eigenvalue weighted by atomic mass is 35.7. The minimum absolute atomic E-state index is 2.96. The second kappa shape index (κ2) is 5.52. The molecule has 14 heteroatoms. The molecular weight excluding hydrogens is 289 g/mol. The molecule has 0 spiro atoms. The number of phosphoric acid groups is 2. The van der Waals surface area contributed by atoms with Crippen LogP contribution in [0.15, 0.2) is 0 Å². The van der Waals surface area contributed by atoms with Crippen LogP contribution in [0.1, 0.15) is 0 Å². The fourth-order valence-corrected chi connectivity index (χ4v) is 1.25. The van der Waals surface area contributed by atoms with Crippen LogP contribution in [0.2, 0.25) is 0 Å². The van der Waals surface area contributed by atoms with Gasteiger partial charge >= 0.3 is 25.0 Å². The normalized spacial score (nSPS) is 13.0. The second-order valence-corrected chi connectivity index (χ2v) is 6.08. The molecule has 0 aliphatic heterocycles. The molecule has 14 heavy (non-hydrogen) atoms. The van der Waals surface area contributed by atoms with Crippen molar-refractivity contribution in [2.24, 2.45) is 0 Å². The van der Waals surface area contributed by atoms with Crippen molar-refractivity contribution >= 4 is 35.7 Å². The number of halogens is 1. The van der Waals surface area contributed by atoms with Crippen LogP contribution in [0.4, 0.5) is 0 Å². The largest absolute Gasteiger partial charge is 0.478 e. The second-order valence-electron chi connectivity index (χ2n) is 1.47. The zero-order valence-corrected chi connectivity index (χ0v) is 9.32. The first kappa shape index (κ1) is 16.9. The van der Waals surface area contributed by atoms with E-state index in [2.05, 4.69) is 15.0 Å². The summed E-state index contributed by atoms with van der Waals surface area (Å²) < 4.78 is 47.4. The predicted octanol–water partition coefficient (Wildman–Crippen LogP) is -0.784. The molecule has 0 aliphatic carbocycles. The Balaban J connectivity index is 0. The van der Waals surface area contributed by atoms with E-state index in [4.69, 9.17) is 32.5 Å². The van der Waals surface area contributed by atoms with E-state index in [0.717, 1.165) is 0 Å². The van der Waals surface area contributed by atoms with Crippen LogP contribution in [0.3, 0.4) is 0 Å². The molecule has 0 aromatic carbocycles. The van der Waals surface area contributed by atoms with E-state index in [0.29, 0.717) is 0 Å². The molecule has 0 aromatic rings. The van der Waals surface area contributed by atoms with Crippen molar-refractivity contribution in [1.82, 2.24) is 0 Å². The summed E-state index contributed by atoms with van der Waals surface area (Å²) in [5, 5.41) is 0. The maximum absolute atomic E-state index is 9.63. The molecule has 0 aliphatic rings. The average molecular weight is 294 g/mol. The summed E-state index contributed by atoms with van der Waals surface area (Å²) in [6, 6.07) is 0. The number of hydrogen-bond acceptors (Lipinski definition) is 5. The molecule has 0 heterocycles. The van der Waals surface area contributed by atoms with Gasteiger partial charge in [-0.05, 0) is 0 Å². The average Bonchev–Trinajstić information content (AvgIpc) is 1.42. The van der Waals surface area contributed by atoms with E-state index < -0.39 is 25.0 Å². The van der Waals surface area contributed by atoms with Crippen molar-refractivity contribution in [3.8, 4) is 0 Å². The number of hydrogen-bond donors (Lipinski definition) is 5. The summed E-state index contributed by atoms with van der Waals surface area (Å²) in [6.45, 7) is 0. The first-order chi connectivity index (χ1) is 5.71. The zero-order valence-electron chi connectivity index (χ0n) is 5.96. The van der Waals surface area contributed by atoms with Gasteiger partial charge in [-0.25, -0.2) is 9.13 Å². The first-order valence-corrected chi connectivity index (χ1v) is 7.53. The lowest BCUT2D eigenvalue weighted by molar-refractivity contribution is 0.225. The Morgan fingerprint density at radius 2 is 1.14 bits per heavy atom. The Bertz CT molecular complexity index is 312. The van der Waals surface area contributed by atoms with Gasteiger partial charge in [0, 0.05) is 10.7 Å². The van der Waals surface area contributed by atoms with Crippen molar-refractivity contribution < 1.29 is 46.0 Å². The first-order valence-electron chi connectivity index (χ1n) is 2.20. The molecule has 88 valence electrons. The molecule has 0 aromatic heterocycles. The Morgan fingerprint density at radius 1 is 1.00 bits per heavy atom. The topological polar surface area (TPSA) is 179 Å². The summed E-state index contributed by atoms with van der Waals surface area (Å²) in [4.78, 5) is 31.0. The number of rotatable bonds is 2. The maximum atomic E-state index is 9.63. The predicted molar refractivity (Wildman–Crippen MR) is 42.6 cm³/mol. The third-order valence-corrected chi connectivity index (χ3v) is 1.91. The summed E-state index contributed by atoms with van der Waals surface area (Å²) in [6.07, 6.45) is 0. The van der Waals surface area contributed by atoms with Crippen molar-refractivity contribution in [1.29, 1.82) is 0 Å². The molecule has 0 saturated carbocycles. The van der Waals surface area contributed by atoms with E-state index in [-0.39, 0.29) is 0 Å². The van der Waals surface area contributed by atoms with E-state index in [9.17, 15) is 9.13 Å². The maximum Gasteiger partial charge on any atom is 0.478 e. The van der Waals surface area contributed by atoms with Gasteiger partial charge in [-0.2, -0.15) is 12.7 Å². The van der Waals surface area contributed by atoms with Gasteiger partial charge < -0.3 is 19.6 Å². The van der Waals surface area contributed by atoms with Gasteiger partial charge in [0.1, 0.15) is 0 Å². The van der Waals surface area contributed by atoms with Crippen LogP contribution in [0.25, 0.3) is 0 Å². The van der Waals surface area contributed by atoms with E-state index in [1.807, 2.05) is 0 Å². The molecule has 0 radical (unpaired) electrons. The van der Waals surface area contributed by atoms with Crippen LogP contribution < -0.4 is 0 Å². The highest BCUT2D eigenvalue weighted by Gasteiger charge is 2.27. The Labute approximate surface area is 82.2 Å². The van der Waals surface area contributed by atoms with Crippen LogP contribution in [0, 0.1) is 0 Å². The molecule has 0 fully saturated rings. The quantitative estimate of drug-likeness (QED) is 0.246. The van der Waals surface area contributed by atoms with Crippen molar-refractivity contribution in [3.05, 3.63) is 0 Å². The zero-order chi connectivity index (χ0) is 12.2. The fraction of sp³-hybridized carbons (Fsp3) is 0.